The van der Waals surface area contributed by atoms with E-state index in [4.69, 9.17) is 10.7 Å². The smallest absolute Gasteiger partial charge is 0.254 e. The molecular weight excluding hydrogens is 358 g/mol. The van der Waals surface area contributed by atoms with Crippen LogP contribution in [0.1, 0.15) is 41.5 Å². The van der Waals surface area contributed by atoms with Crippen LogP contribution in [-0.2, 0) is 0 Å². The number of fused-ring (bicyclic) bond motifs is 1. The number of nitrogens with two attached hydrogens (primary N) is 1. The highest BCUT2D eigenvalue weighted by molar-refractivity contribution is 7.15. The van der Waals surface area contributed by atoms with Gasteiger partial charge in [0.1, 0.15) is 0 Å². The van der Waals surface area contributed by atoms with E-state index in [1.54, 1.807) is 17.5 Å². The molecule has 142 valence electrons. The molecule has 0 saturated carbocycles. The Labute approximate surface area is 163 Å². The van der Waals surface area contributed by atoms with E-state index in [0.717, 1.165) is 41.1 Å². The fourth-order valence-electron chi connectivity index (χ4n) is 3.65. The number of thiophene rings is 1. The number of nitrogens with zero attached hydrogens (tertiary/aromatic N) is 4. The Hall–Kier alpha value is -2.25. The Morgan fingerprint density at radius 1 is 1.41 bits per heavy atom. The number of hydrogen-bond donors (Lipinski definition) is 1. The molecule has 1 unspecified atom stereocenters. The molecule has 1 saturated heterocycles. The summed E-state index contributed by atoms with van der Waals surface area (Å²) in [6.45, 7) is 8.34. The molecule has 3 aromatic heterocycles. The Morgan fingerprint density at radius 2 is 2.22 bits per heavy atom. The second-order valence-electron chi connectivity index (χ2n) is 7.53. The largest absolute Gasteiger partial charge is 0.338 e. The third-order valence-corrected chi connectivity index (χ3v) is 6.21. The van der Waals surface area contributed by atoms with Crippen LogP contribution < -0.4 is 5.73 Å². The van der Waals surface area contributed by atoms with E-state index in [0.29, 0.717) is 18.0 Å². The van der Waals surface area contributed by atoms with Crippen molar-refractivity contribution in [3.63, 3.8) is 0 Å². The van der Waals surface area contributed by atoms with Gasteiger partial charge in [-0.2, -0.15) is 5.10 Å². The second-order valence-corrected chi connectivity index (χ2v) is 8.81. The highest BCUT2D eigenvalue weighted by Crippen LogP contribution is 2.31. The maximum Gasteiger partial charge on any atom is 0.254 e. The van der Waals surface area contributed by atoms with Gasteiger partial charge in [-0.3, -0.25) is 4.79 Å². The molecule has 0 bridgehead atoms. The number of aromatic nitrogens is 3. The minimum atomic E-state index is 0.0520. The number of likely N-dealkylation sites (tertiary alicyclic amines) is 1. The van der Waals surface area contributed by atoms with Crippen molar-refractivity contribution in [2.75, 3.05) is 19.6 Å². The van der Waals surface area contributed by atoms with Crippen LogP contribution in [0.15, 0.2) is 24.4 Å². The van der Waals surface area contributed by atoms with Crippen LogP contribution in [0, 0.1) is 12.8 Å². The third kappa shape index (κ3) is 3.26. The molecule has 0 spiro atoms. The summed E-state index contributed by atoms with van der Waals surface area (Å²) in [7, 11) is 0. The molecule has 1 atom stereocenters. The first-order chi connectivity index (χ1) is 13.0. The van der Waals surface area contributed by atoms with Crippen molar-refractivity contribution in [1.29, 1.82) is 0 Å². The molecule has 1 amide bonds. The lowest BCUT2D eigenvalue weighted by Gasteiger charge is -2.17. The van der Waals surface area contributed by atoms with Crippen LogP contribution in [0.5, 0.6) is 0 Å². The average Bonchev–Trinajstić information content (AvgIpc) is 3.38. The van der Waals surface area contributed by atoms with Gasteiger partial charge in [0.05, 0.1) is 27.7 Å². The molecule has 1 fully saturated rings. The standard InChI is InChI=1S/C20H25N5OS/c1-12(2)25-19-16(10-22-25)15(20(26)24-7-6-14(9-21)11-24)8-17(23-19)18-5-4-13(3)27-18/h4-5,8,10,12,14H,6-7,9,11,21H2,1-3H3. The van der Waals surface area contributed by atoms with Gasteiger partial charge in [-0.1, -0.05) is 0 Å². The summed E-state index contributed by atoms with van der Waals surface area (Å²) < 4.78 is 1.89. The Morgan fingerprint density at radius 3 is 2.85 bits per heavy atom. The van der Waals surface area contributed by atoms with Crippen molar-refractivity contribution in [2.45, 2.75) is 33.2 Å². The predicted octanol–water partition coefficient (Wildman–Crippen LogP) is 3.47. The molecular formula is C20H25N5OS. The van der Waals surface area contributed by atoms with Gasteiger partial charge in [-0.15, -0.1) is 11.3 Å². The zero-order valence-corrected chi connectivity index (χ0v) is 16.8. The van der Waals surface area contributed by atoms with E-state index in [9.17, 15) is 4.79 Å². The topological polar surface area (TPSA) is 77.0 Å². The van der Waals surface area contributed by atoms with Crippen molar-refractivity contribution in [2.24, 2.45) is 11.7 Å². The van der Waals surface area contributed by atoms with Crippen molar-refractivity contribution in [1.82, 2.24) is 19.7 Å². The number of amides is 1. The number of rotatable bonds is 4. The van der Waals surface area contributed by atoms with Crippen LogP contribution in [0.3, 0.4) is 0 Å². The number of carbonyl (C=O) groups excluding carboxylic acids is 1. The molecule has 3 aromatic rings. The fraction of sp³-hybridized carbons (Fsp3) is 0.450. The lowest BCUT2D eigenvalue weighted by molar-refractivity contribution is 0.0789. The third-order valence-electron chi connectivity index (χ3n) is 5.19. The number of aryl methyl sites for hydroxylation is 1. The maximum atomic E-state index is 13.3. The van der Waals surface area contributed by atoms with Gasteiger partial charge >= 0.3 is 0 Å². The minimum Gasteiger partial charge on any atom is -0.338 e. The summed E-state index contributed by atoms with van der Waals surface area (Å²) >= 11 is 1.69. The Balaban J connectivity index is 1.84. The SMILES string of the molecule is Cc1ccc(-c2cc(C(=O)N3CCC(CN)C3)c3cnn(C(C)C)c3n2)s1. The van der Waals surface area contributed by atoms with E-state index in [1.807, 2.05) is 15.6 Å². The van der Waals surface area contributed by atoms with Gasteiger partial charge in [0.25, 0.3) is 5.91 Å². The quantitative estimate of drug-likeness (QED) is 0.748. The van der Waals surface area contributed by atoms with Gasteiger partial charge in [0.2, 0.25) is 0 Å². The first-order valence-electron chi connectivity index (χ1n) is 9.42. The molecule has 1 aliphatic rings. The van der Waals surface area contributed by atoms with Crippen molar-refractivity contribution >= 4 is 28.3 Å². The first kappa shape index (κ1) is 18.1. The normalized spacial score (nSPS) is 17.4. The monoisotopic (exact) mass is 383 g/mol. The van der Waals surface area contributed by atoms with Gasteiger partial charge in [-0.05, 0) is 57.9 Å². The number of carbonyl (C=O) groups is 1. The van der Waals surface area contributed by atoms with Crippen LogP contribution >= 0.6 is 11.3 Å². The van der Waals surface area contributed by atoms with E-state index in [2.05, 4.69) is 38.0 Å². The van der Waals surface area contributed by atoms with Gasteiger partial charge in [-0.25, -0.2) is 9.67 Å². The lowest BCUT2D eigenvalue weighted by Crippen LogP contribution is -2.30. The zero-order valence-electron chi connectivity index (χ0n) is 16.0. The maximum absolute atomic E-state index is 13.3. The summed E-state index contributed by atoms with van der Waals surface area (Å²) in [5.41, 5.74) is 8.09. The molecule has 2 N–H and O–H groups in total. The number of pyridine rings is 1. The summed E-state index contributed by atoms with van der Waals surface area (Å²) in [6, 6.07) is 6.25. The van der Waals surface area contributed by atoms with Crippen LogP contribution in [0.2, 0.25) is 0 Å². The fourth-order valence-corrected chi connectivity index (χ4v) is 4.48. The van der Waals surface area contributed by atoms with E-state index >= 15 is 0 Å². The molecule has 0 aromatic carbocycles. The Bertz CT molecular complexity index is 990. The Kier molecular flexibility index (Phi) is 4.74. The molecule has 4 heterocycles. The van der Waals surface area contributed by atoms with Crippen molar-refractivity contribution < 1.29 is 4.79 Å². The van der Waals surface area contributed by atoms with E-state index < -0.39 is 0 Å². The molecule has 1 aliphatic heterocycles. The second kappa shape index (κ2) is 7.05. The van der Waals surface area contributed by atoms with Crippen molar-refractivity contribution in [3.8, 4) is 10.6 Å². The summed E-state index contributed by atoms with van der Waals surface area (Å²) in [4.78, 5) is 22.4. The minimum absolute atomic E-state index is 0.0520. The summed E-state index contributed by atoms with van der Waals surface area (Å²) in [5, 5.41) is 5.32. The molecule has 0 radical (unpaired) electrons. The zero-order chi connectivity index (χ0) is 19.1. The predicted molar refractivity (Wildman–Crippen MR) is 109 cm³/mol. The van der Waals surface area contributed by atoms with Gasteiger partial charge in [0.15, 0.2) is 5.65 Å². The molecule has 4 rings (SSSR count). The van der Waals surface area contributed by atoms with Gasteiger partial charge < -0.3 is 10.6 Å². The van der Waals surface area contributed by atoms with Gasteiger partial charge in [0, 0.05) is 24.0 Å². The summed E-state index contributed by atoms with van der Waals surface area (Å²) in [6.07, 6.45) is 2.74. The van der Waals surface area contributed by atoms with Crippen molar-refractivity contribution in [3.05, 3.63) is 34.8 Å². The molecule has 27 heavy (non-hydrogen) atoms. The highest BCUT2D eigenvalue weighted by atomic mass is 32.1. The molecule has 7 heteroatoms. The lowest BCUT2D eigenvalue weighted by atomic mass is 10.1. The van der Waals surface area contributed by atoms with E-state index in [-0.39, 0.29) is 11.9 Å². The molecule has 0 aliphatic carbocycles. The van der Waals surface area contributed by atoms with Crippen LogP contribution in [0.25, 0.3) is 21.6 Å². The average molecular weight is 384 g/mol. The van der Waals surface area contributed by atoms with E-state index in [1.165, 1.54) is 4.88 Å². The molecule has 6 nitrogen and oxygen atoms in total. The number of hydrogen-bond acceptors (Lipinski definition) is 5. The summed E-state index contributed by atoms with van der Waals surface area (Å²) in [5.74, 6) is 0.445. The van der Waals surface area contributed by atoms with Crippen LogP contribution in [0.4, 0.5) is 0 Å². The van der Waals surface area contributed by atoms with Crippen LogP contribution in [-0.4, -0.2) is 45.2 Å². The highest BCUT2D eigenvalue weighted by Gasteiger charge is 2.28. The first-order valence-corrected chi connectivity index (χ1v) is 10.2.